The molecule has 2 heterocycles. The van der Waals surface area contributed by atoms with Gasteiger partial charge in [-0.3, -0.25) is 4.79 Å². The Morgan fingerprint density at radius 1 is 1.26 bits per heavy atom. The number of thiophene rings is 1. The van der Waals surface area contributed by atoms with Gasteiger partial charge in [-0.2, -0.15) is 5.10 Å². The zero-order valence-corrected chi connectivity index (χ0v) is 16.9. The Hall–Kier alpha value is -2.44. The standard InChI is InChI=1S/C21H26N4OS/c1-4-12-21(2,22)20(26)24(3)14-16-15-25(17-9-6-5-7-10-17)23-19(16)18-11-8-13-27-18/h5-11,13,15H,4,12,14,22H2,1-3H3. The molecule has 0 bridgehead atoms. The number of para-hydroxylation sites is 1. The summed E-state index contributed by atoms with van der Waals surface area (Å²) in [6.45, 7) is 4.31. The number of carbonyl (C=O) groups excluding carboxylic acids is 1. The molecule has 2 aromatic heterocycles. The van der Waals surface area contributed by atoms with Crippen LogP contribution in [0.15, 0.2) is 54.0 Å². The Morgan fingerprint density at radius 2 is 2.00 bits per heavy atom. The molecule has 142 valence electrons. The fourth-order valence-electron chi connectivity index (χ4n) is 3.25. The summed E-state index contributed by atoms with van der Waals surface area (Å²) in [6, 6.07) is 14.1. The molecule has 0 fully saturated rings. The van der Waals surface area contributed by atoms with Crippen molar-refractivity contribution in [1.82, 2.24) is 14.7 Å². The summed E-state index contributed by atoms with van der Waals surface area (Å²) in [5.41, 5.74) is 8.30. The molecule has 1 unspecified atom stereocenters. The van der Waals surface area contributed by atoms with Gasteiger partial charge in [-0.15, -0.1) is 11.3 Å². The summed E-state index contributed by atoms with van der Waals surface area (Å²) in [4.78, 5) is 15.6. The van der Waals surface area contributed by atoms with E-state index in [4.69, 9.17) is 10.8 Å². The predicted molar refractivity (Wildman–Crippen MR) is 111 cm³/mol. The second kappa shape index (κ2) is 8.06. The van der Waals surface area contributed by atoms with Gasteiger partial charge in [0, 0.05) is 25.4 Å². The number of hydrogen-bond donors (Lipinski definition) is 1. The van der Waals surface area contributed by atoms with Crippen molar-refractivity contribution in [2.75, 3.05) is 7.05 Å². The van der Waals surface area contributed by atoms with Crippen LogP contribution in [-0.2, 0) is 11.3 Å². The summed E-state index contributed by atoms with van der Waals surface area (Å²) in [5.74, 6) is -0.0473. The molecule has 2 N–H and O–H groups in total. The minimum atomic E-state index is -0.845. The van der Waals surface area contributed by atoms with Gasteiger partial charge in [0.15, 0.2) is 0 Å². The van der Waals surface area contributed by atoms with Crippen molar-refractivity contribution < 1.29 is 4.79 Å². The van der Waals surface area contributed by atoms with Crippen LogP contribution in [0.1, 0.15) is 32.3 Å². The molecule has 0 aliphatic heterocycles. The SMILES string of the molecule is CCCC(C)(N)C(=O)N(C)Cc1cn(-c2ccccc2)nc1-c1cccs1. The van der Waals surface area contributed by atoms with Crippen molar-refractivity contribution in [3.63, 3.8) is 0 Å². The van der Waals surface area contributed by atoms with Gasteiger partial charge < -0.3 is 10.6 Å². The molecule has 1 atom stereocenters. The highest BCUT2D eigenvalue weighted by Crippen LogP contribution is 2.29. The summed E-state index contributed by atoms with van der Waals surface area (Å²) in [5, 5.41) is 6.83. The third-order valence-electron chi connectivity index (χ3n) is 4.58. The highest BCUT2D eigenvalue weighted by molar-refractivity contribution is 7.13. The van der Waals surface area contributed by atoms with Crippen molar-refractivity contribution in [1.29, 1.82) is 0 Å². The summed E-state index contributed by atoms with van der Waals surface area (Å²) in [7, 11) is 1.81. The first-order chi connectivity index (χ1) is 12.9. The summed E-state index contributed by atoms with van der Waals surface area (Å²) in [6.07, 6.45) is 3.54. The van der Waals surface area contributed by atoms with Crippen LogP contribution in [-0.4, -0.2) is 33.2 Å². The van der Waals surface area contributed by atoms with E-state index in [1.807, 2.05) is 66.5 Å². The fourth-order valence-corrected chi connectivity index (χ4v) is 3.99. The zero-order valence-electron chi connectivity index (χ0n) is 16.1. The largest absolute Gasteiger partial charge is 0.340 e. The van der Waals surface area contributed by atoms with Crippen LogP contribution in [0.25, 0.3) is 16.3 Å². The number of rotatable bonds is 7. The quantitative estimate of drug-likeness (QED) is 0.670. The van der Waals surface area contributed by atoms with Crippen LogP contribution >= 0.6 is 11.3 Å². The Bertz CT molecular complexity index is 884. The van der Waals surface area contributed by atoms with Crippen LogP contribution in [0.3, 0.4) is 0 Å². The van der Waals surface area contributed by atoms with E-state index in [9.17, 15) is 4.79 Å². The third kappa shape index (κ3) is 4.28. The maximum Gasteiger partial charge on any atom is 0.242 e. The summed E-state index contributed by atoms with van der Waals surface area (Å²) < 4.78 is 1.87. The molecule has 0 aliphatic carbocycles. The van der Waals surface area contributed by atoms with Gasteiger partial charge in [-0.05, 0) is 36.9 Å². The van der Waals surface area contributed by atoms with Gasteiger partial charge >= 0.3 is 0 Å². The molecule has 3 rings (SSSR count). The van der Waals surface area contributed by atoms with E-state index in [0.29, 0.717) is 13.0 Å². The number of benzene rings is 1. The number of carbonyl (C=O) groups is 1. The molecule has 27 heavy (non-hydrogen) atoms. The molecular formula is C21H26N4OS. The van der Waals surface area contributed by atoms with Gasteiger partial charge in [-0.25, -0.2) is 4.68 Å². The van der Waals surface area contributed by atoms with Crippen molar-refractivity contribution in [2.24, 2.45) is 5.73 Å². The lowest BCUT2D eigenvalue weighted by Gasteiger charge is -2.29. The van der Waals surface area contributed by atoms with Crippen LogP contribution < -0.4 is 5.73 Å². The van der Waals surface area contributed by atoms with Gasteiger partial charge in [0.2, 0.25) is 5.91 Å². The number of hydrogen-bond acceptors (Lipinski definition) is 4. The van der Waals surface area contributed by atoms with Crippen LogP contribution in [0.5, 0.6) is 0 Å². The minimum Gasteiger partial charge on any atom is -0.340 e. The van der Waals surface area contributed by atoms with E-state index in [1.54, 1.807) is 23.3 Å². The van der Waals surface area contributed by atoms with Crippen molar-refractivity contribution >= 4 is 17.2 Å². The highest BCUT2D eigenvalue weighted by Gasteiger charge is 2.30. The first kappa shape index (κ1) is 19.3. The maximum atomic E-state index is 12.8. The van der Waals surface area contributed by atoms with Gasteiger partial charge in [-0.1, -0.05) is 37.6 Å². The molecule has 6 heteroatoms. The Labute approximate surface area is 164 Å². The van der Waals surface area contributed by atoms with E-state index in [1.165, 1.54) is 0 Å². The molecule has 1 amide bonds. The van der Waals surface area contributed by atoms with E-state index >= 15 is 0 Å². The molecule has 1 aromatic carbocycles. The van der Waals surface area contributed by atoms with E-state index < -0.39 is 5.54 Å². The van der Waals surface area contributed by atoms with Crippen LogP contribution in [0, 0.1) is 0 Å². The van der Waals surface area contributed by atoms with Gasteiger partial charge in [0.25, 0.3) is 0 Å². The van der Waals surface area contributed by atoms with Crippen molar-refractivity contribution in [3.05, 3.63) is 59.6 Å². The lowest BCUT2D eigenvalue weighted by molar-refractivity contribution is -0.135. The Morgan fingerprint density at radius 3 is 2.63 bits per heavy atom. The van der Waals surface area contributed by atoms with Crippen LogP contribution in [0.4, 0.5) is 0 Å². The first-order valence-electron chi connectivity index (χ1n) is 9.14. The molecule has 0 saturated heterocycles. The number of nitrogens with two attached hydrogens (primary N) is 1. The third-order valence-corrected chi connectivity index (χ3v) is 5.45. The molecule has 0 aliphatic rings. The number of amides is 1. The lowest BCUT2D eigenvalue weighted by Crippen LogP contribution is -2.51. The van der Waals surface area contributed by atoms with E-state index in [0.717, 1.165) is 28.2 Å². The first-order valence-corrected chi connectivity index (χ1v) is 10.0. The Balaban J connectivity index is 1.92. The van der Waals surface area contributed by atoms with Crippen LogP contribution in [0.2, 0.25) is 0 Å². The molecule has 0 saturated carbocycles. The number of aromatic nitrogens is 2. The summed E-state index contributed by atoms with van der Waals surface area (Å²) >= 11 is 1.64. The second-order valence-electron chi connectivity index (χ2n) is 7.09. The molecule has 0 radical (unpaired) electrons. The topological polar surface area (TPSA) is 64.2 Å². The van der Waals surface area contributed by atoms with E-state index in [2.05, 4.69) is 6.07 Å². The van der Waals surface area contributed by atoms with Gasteiger partial charge in [0.05, 0.1) is 16.1 Å². The smallest absolute Gasteiger partial charge is 0.242 e. The average Bonchev–Trinajstić information content (AvgIpc) is 3.31. The maximum absolute atomic E-state index is 12.8. The second-order valence-corrected chi connectivity index (χ2v) is 8.04. The van der Waals surface area contributed by atoms with E-state index in [-0.39, 0.29) is 5.91 Å². The lowest BCUT2D eigenvalue weighted by atomic mass is 9.96. The van der Waals surface area contributed by atoms with Crippen molar-refractivity contribution in [3.8, 4) is 16.3 Å². The van der Waals surface area contributed by atoms with Crippen molar-refractivity contribution in [2.45, 2.75) is 38.8 Å². The minimum absolute atomic E-state index is 0.0473. The number of nitrogens with zero attached hydrogens (tertiary/aromatic N) is 3. The Kier molecular flexibility index (Phi) is 5.77. The molecule has 3 aromatic rings. The van der Waals surface area contributed by atoms with Gasteiger partial charge in [0.1, 0.15) is 5.69 Å². The molecule has 5 nitrogen and oxygen atoms in total. The molecule has 0 spiro atoms. The average molecular weight is 383 g/mol. The number of likely N-dealkylation sites (N-methyl/N-ethyl adjacent to an activating group) is 1. The molecular weight excluding hydrogens is 356 g/mol. The monoisotopic (exact) mass is 382 g/mol. The fraction of sp³-hybridized carbons (Fsp3) is 0.333. The normalized spacial score (nSPS) is 13.3. The zero-order chi connectivity index (χ0) is 19.4. The highest BCUT2D eigenvalue weighted by atomic mass is 32.1. The predicted octanol–water partition coefficient (Wildman–Crippen LogP) is 4.08.